The summed E-state index contributed by atoms with van der Waals surface area (Å²) in [6, 6.07) is 15.9. The normalized spacial score (nSPS) is 16.2. The summed E-state index contributed by atoms with van der Waals surface area (Å²) in [6.07, 6.45) is 8.62. The van der Waals surface area contributed by atoms with Gasteiger partial charge in [-0.1, -0.05) is 30.3 Å². The number of carbonyl (C=O) groups is 1. The molecule has 1 aliphatic heterocycles. The molecule has 1 fully saturated rings. The lowest BCUT2D eigenvalue weighted by Crippen LogP contribution is -2.44. The first-order valence-corrected chi connectivity index (χ1v) is 10.9. The maximum absolute atomic E-state index is 13.6. The van der Waals surface area contributed by atoms with Gasteiger partial charge in [0.2, 0.25) is 5.91 Å². The zero-order valence-electron chi connectivity index (χ0n) is 17.8. The lowest BCUT2D eigenvalue weighted by atomic mass is 9.95. The first-order valence-electron chi connectivity index (χ1n) is 10.9. The fourth-order valence-corrected chi connectivity index (χ4v) is 4.30. The molecular formula is C25H25N5O2. The number of amides is 1. The van der Waals surface area contributed by atoms with Gasteiger partial charge >= 0.3 is 0 Å². The Hall–Kier alpha value is -3.74. The number of furan rings is 1. The van der Waals surface area contributed by atoms with E-state index in [2.05, 4.69) is 32.0 Å². The van der Waals surface area contributed by atoms with Crippen LogP contribution in [-0.2, 0) is 17.9 Å². The van der Waals surface area contributed by atoms with Crippen LogP contribution in [0.2, 0.25) is 0 Å². The van der Waals surface area contributed by atoms with Crippen LogP contribution >= 0.6 is 0 Å². The van der Waals surface area contributed by atoms with E-state index in [1.807, 2.05) is 47.5 Å². The number of hydrogen-bond donors (Lipinski definition) is 0. The molecule has 32 heavy (non-hydrogen) atoms. The summed E-state index contributed by atoms with van der Waals surface area (Å²) in [7, 11) is 0. The molecule has 0 bridgehead atoms. The average molecular weight is 428 g/mol. The van der Waals surface area contributed by atoms with E-state index in [-0.39, 0.29) is 11.8 Å². The Morgan fingerprint density at radius 1 is 1.06 bits per heavy atom. The van der Waals surface area contributed by atoms with E-state index in [1.54, 1.807) is 18.7 Å². The minimum Gasteiger partial charge on any atom is -0.467 e. The molecule has 0 saturated carbocycles. The number of piperidine rings is 1. The van der Waals surface area contributed by atoms with E-state index in [9.17, 15) is 4.79 Å². The topological polar surface area (TPSA) is 75.4 Å². The van der Waals surface area contributed by atoms with Gasteiger partial charge < -0.3 is 14.2 Å². The number of fused-ring (bicyclic) bond motifs is 1. The highest BCUT2D eigenvalue weighted by Gasteiger charge is 2.30. The van der Waals surface area contributed by atoms with Crippen LogP contribution in [0.1, 0.15) is 24.2 Å². The Morgan fingerprint density at radius 2 is 1.94 bits per heavy atom. The largest absolute Gasteiger partial charge is 0.467 e. The van der Waals surface area contributed by atoms with Gasteiger partial charge in [-0.15, -0.1) is 0 Å². The summed E-state index contributed by atoms with van der Waals surface area (Å²) in [5.41, 5.74) is 3.49. The summed E-state index contributed by atoms with van der Waals surface area (Å²) in [4.78, 5) is 30.8. The molecule has 0 radical (unpaired) electrons. The summed E-state index contributed by atoms with van der Waals surface area (Å²) in [6.45, 7) is 2.58. The molecule has 0 N–H and O–H groups in total. The molecule has 0 aliphatic carbocycles. The molecule has 1 aromatic carbocycles. The molecule has 3 aromatic heterocycles. The van der Waals surface area contributed by atoms with Crippen LogP contribution in [-0.4, -0.2) is 38.8 Å². The van der Waals surface area contributed by atoms with Crippen molar-refractivity contribution in [1.82, 2.24) is 19.9 Å². The van der Waals surface area contributed by atoms with E-state index in [0.29, 0.717) is 25.3 Å². The minimum atomic E-state index is -0.0834. The molecule has 1 saturated heterocycles. The van der Waals surface area contributed by atoms with Crippen molar-refractivity contribution in [3.05, 3.63) is 84.7 Å². The number of rotatable bonds is 6. The van der Waals surface area contributed by atoms with E-state index in [4.69, 9.17) is 4.42 Å². The molecule has 1 unspecified atom stereocenters. The minimum absolute atomic E-state index is 0.0834. The molecule has 1 aliphatic rings. The van der Waals surface area contributed by atoms with Crippen LogP contribution in [0.3, 0.4) is 0 Å². The zero-order valence-corrected chi connectivity index (χ0v) is 17.8. The maximum atomic E-state index is 13.6. The second kappa shape index (κ2) is 9.18. The standard InChI is InChI=1S/C25H25N5O2/c31-25(30(18-22-9-5-13-32-22)16-19-6-2-1-3-7-19)20-8-4-12-29(17-20)21-14-23-24(28-15-21)27-11-10-26-23/h1-3,5-7,9-11,13-15,20H,4,8,12,16-18H2. The Bertz CT molecular complexity index is 1180. The van der Waals surface area contributed by atoms with Gasteiger partial charge in [0.1, 0.15) is 11.3 Å². The van der Waals surface area contributed by atoms with Gasteiger partial charge in [-0.25, -0.2) is 9.97 Å². The van der Waals surface area contributed by atoms with E-state index in [0.717, 1.165) is 41.9 Å². The van der Waals surface area contributed by atoms with Crippen molar-refractivity contribution in [3.63, 3.8) is 0 Å². The molecule has 0 spiro atoms. The van der Waals surface area contributed by atoms with Crippen molar-refractivity contribution >= 4 is 22.8 Å². The monoisotopic (exact) mass is 427 g/mol. The number of hydrogen-bond acceptors (Lipinski definition) is 6. The smallest absolute Gasteiger partial charge is 0.228 e. The van der Waals surface area contributed by atoms with Crippen LogP contribution in [0.25, 0.3) is 11.2 Å². The fourth-order valence-electron chi connectivity index (χ4n) is 4.30. The third kappa shape index (κ3) is 4.46. The Morgan fingerprint density at radius 3 is 2.78 bits per heavy atom. The second-order valence-corrected chi connectivity index (χ2v) is 8.14. The Balaban J connectivity index is 1.35. The van der Waals surface area contributed by atoms with Gasteiger partial charge in [0.05, 0.1) is 30.6 Å². The van der Waals surface area contributed by atoms with Gasteiger partial charge in [-0.2, -0.15) is 0 Å². The van der Waals surface area contributed by atoms with Crippen LogP contribution in [0.5, 0.6) is 0 Å². The van der Waals surface area contributed by atoms with Crippen LogP contribution in [0, 0.1) is 5.92 Å². The molecule has 1 amide bonds. The Labute approximate surface area is 186 Å². The second-order valence-electron chi connectivity index (χ2n) is 8.14. The molecule has 7 heteroatoms. The van der Waals surface area contributed by atoms with E-state index in [1.165, 1.54) is 0 Å². The van der Waals surface area contributed by atoms with Crippen molar-refractivity contribution in [3.8, 4) is 0 Å². The zero-order chi connectivity index (χ0) is 21.8. The summed E-state index contributed by atoms with van der Waals surface area (Å²) < 4.78 is 5.55. The highest BCUT2D eigenvalue weighted by molar-refractivity contribution is 5.80. The van der Waals surface area contributed by atoms with Gasteiger partial charge in [0.25, 0.3) is 0 Å². The van der Waals surface area contributed by atoms with Gasteiger partial charge in [-0.3, -0.25) is 9.78 Å². The number of nitrogens with zero attached hydrogens (tertiary/aromatic N) is 5. The predicted molar refractivity (Wildman–Crippen MR) is 122 cm³/mol. The SMILES string of the molecule is O=C(C1CCCN(c2cnc3nccnc3c2)C1)N(Cc1ccccc1)Cc1ccco1. The Kier molecular flexibility index (Phi) is 5.79. The molecule has 5 rings (SSSR count). The third-order valence-electron chi connectivity index (χ3n) is 5.90. The molecular weight excluding hydrogens is 402 g/mol. The number of anilines is 1. The van der Waals surface area contributed by atoms with Crippen molar-refractivity contribution in [2.75, 3.05) is 18.0 Å². The quantitative estimate of drug-likeness (QED) is 0.462. The van der Waals surface area contributed by atoms with Crippen LogP contribution in [0.4, 0.5) is 5.69 Å². The number of aromatic nitrogens is 3. The van der Waals surface area contributed by atoms with Crippen LogP contribution in [0.15, 0.2) is 77.8 Å². The lowest BCUT2D eigenvalue weighted by molar-refractivity contribution is -0.137. The molecule has 4 heterocycles. The highest BCUT2D eigenvalue weighted by Crippen LogP contribution is 2.26. The maximum Gasteiger partial charge on any atom is 0.228 e. The van der Waals surface area contributed by atoms with Crippen LogP contribution < -0.4 is 4.90 Å². The predicted octanol–water partition coefficient (Wildman–Crippen LogP) is 4.06. The number of carbonyl (C=O) groups excluding carboxylic acids is 1. The number of benzene rings is 1. The third-order valence-corrected chi connectivity index (χ3v) is 5.90. The molecule has 162 valence electrons. The molecule has 4 aromatic rings. The van der Waals surface area contributed by atoms with Gasteiger partial charge in [-0.05, 0) is 36.6 Å². The lowest BCUT2D eigenvalue weighted by Gasteiger charge is -2.36. The van der Waals surface area contributed by atoms with Gasteiger partial charge in [0, 0.05) is 32.0 Å². The molecule has 1 atom stereocenters. The van der Waals surface area contributed by atoms with E-state index >= 15 is 0 Å². The van der Waals surface area contributed by atoms with Gasteiger partial charge in [0.15, 0.2) is 5.65 Å². The first-order chi connectivity index (χ1) is 15.8. The fraction of sp³-hybridized carbons (Fsp3) is 0.280. The highest BCUT2D eigenvalue weighted by atomic mass is 16.3. The first kappa shape index (κ1) is 20.2. The molecule has 7 nitrogen and oxygen atoms in total. The average Bonchev–Trinajstić information content (AvgIpc) is 3.37. The number of pyridine rings is 1. The van der Waals surface area contributed by atoms with Crippen molar-refractivity contribution in [2.24, 2.45) is 5.92 Å². The van der Waals surface area contributed by atoms with Crippen molar-refractivity contribution in [1.29, 1.82) is 0 Å². The summed E-state index contributed by atoms with van der Waals surface area (Å²) >= 11 is 0. The van der Waals surface area contributed by atoms with Crippen molar-refractivity contribution in [2.45, 2.75) is 25.9 Å². The summed E-state index contributed by atoms with van der Waals surface area (Å²) in [5.74, 6) is 0.864. The van der Waals surface area contributed by atoms with E-state index < -0.39 is 0 Å². The summed E-state index contributed by atoms with van der Waals surface area (Å²) in [5, 5.41) is 0. The van der Waals surface area contributed by atoms with Crippen molar-refractivity contribution < 1.29 is 9.21 Å².